The van der Waals surface area contributed by atoms with E-state index in [0.29, 0.717) is 0 Å². The van der Waals surface area contributed by atoms with Gasteiger partial charge in [-0.05, 0) is 25.9 Å². The molecule has 6 nitrogen and oxygen atoms in total. The van der Waals surface area contributed by atoms with Gasteiger partial charge in [0.25, 0.3) is 0 Å². The van der Waals surface area contributed by atoms with E-state index in [9.17, 15) is 9.59 Å². The SMILES string of the molecule is CC(C)[C@H](NC(=O)NC1CCN(C)C1)C(=O)O. The minimum absolute atomic E-state index is 0.113. The van der Waals surface area contributed by atoms with Gasteiger partial charge in [0, 0.05) is 12.6 Å². The lowest BCUT2D eigenvalue weighted by atomic mass is 10.1. The number of hydrogen-bond acceptors (Lipinski definition) is 3. The standard InChI is InChI=1S/C11H21N3O3/c1-7(2)9(10(15)16)13-11(17)12-8-4-5-14(3)6-8/h7-9H,4-6H2,1-3H3,(H,15,16)(H2,12,13,17)/t8?,9-/m0/s1. The number of carbonyl (C=O) groups excluding carboxylic acids is 1. The third-order valence-corrected chi connectivity index (χ3v) is 2.95. The molecule has 0 saturated carbocycles. The maximum absolute atomic E-state index is 11.6. The summed E-state index contributed by atoms with van der Waals surface area (Å²) in [5.41, 5.74) is 0. The highest BCUT2D eigenvalue weighted by Crippen LogP contribution is 2.06. The highest BCUT2D eigenvalue weighted by Gasteiger charge is 2.26. The summed E-state index contributed by atoms with van der Waals surface area (Å²) in [5, 5.41) is 14.2. The van der Waals surface area contributed by atoms with Crippen LogP contribution < -0.4 is 10.6 Å². The third-order valence-electron chi connectivity index (χ3n) is 2.95. The van der Waals surface area contributed by atoms with E-state index in [4.69, 9.17) is 5.11 Å². The van der Waals surface area contributed by atoms with Crippen molar-refractivity contribution in [3.8, 4) is 0 Å². The van der Waals surface area contributed by atoms with Crippen LogP contribution in [0.2, 0.25) is 0 Å². The first kappa shape index (κ1) is 13.8. The molecule has 1 saturated heterocycles. The summed E-state index contributed by atoms with van der Waals surface area (Å²) in [6.45, 7) is 5.30. The van der Waals surface area contributed by atoms with Crippen LogP contribution in [0.3, 0.4) is 0 Å². The maximum atomic E-state index is 11.6. The first-order valence-electron chi connectivity index (χ1n) is 5.88. The second kappa shape index (κ2) is 5.86. The molecular weight excluding hydrogens is 222 g/mol. The van der Waals surface area contributed by atoms with E-state index >= 15 is 0 Å². The van der Waals surface area contributed by atoms with Crippen LogP contribution in [0.5, 0.6) is 0 Å². The first-order chi connectivity index (χ1) is 7.90. The Kier molecular flexibility index (Phi) is 4.74. The minimum atomic E-state index is -1.00. The molecule has 0 aromatic heterocycles. The molecule has 6 heteroatoms. The lowest BCUT2D eigenvalue weighted by molar-refractivity contribution is -0.140. The number of nitrogens with one attached hydrogen (secondary N) is 2. The van der Waals surface area contributed by atoms with E-state index < -0.39 is 18.0 Å². The zero-order valence-electron chi connectivity index (χ0n) is 10.6. The molecule has 0 radical (unpaired) electrons. The highest BCUT2D eigenvalue weighted by molar-refractivity contribution is 5.82. The number of amides is 2. The van der Waals surface area contributed by atoms with Crippen LogP contribution in [0.1, 0.15) is 20.3 Å². The van der Waals surface area contributed by atoms with Crippen LogP contribution in [-0.4, -0.2) is 54.2 Å². The van der Waals surface area contributed by atoms with Gasteiger partial charge in [-0.25, -0.2) is 9.59 Å². The molecule has 98 valence electrons. The Labute approximate surface area is 101 Å². The molecule has 3 N–H and O–H groups in total. The van der Waals surface area contributed by atoms with E-state index in [2.05, 4.69) is 15.5 Å². The molecule has 2 atom stereocenters. The van der Waals surface area contributed by atoms with Gasteiger partial charge in [0.2, 0.25) is 0 Å². The molecule has 0 spiro atoms. The van der Waals surface area contributed by atoms with Crippen molar-refractivity contribution < 1.29 is 14.7 Å². The molecule has 1 heterocycles. The number of carboxylic acids is 1. The van der Waals surface area contributed by atoms with E-state index in [-0.39, 0.29) is 12.0 Å². The van der Waals surface area contributed by atoms with E-state index in [1.165, 1.54) is 0 Å². The Hall–Kier alpha value is -1.30. The van der Waals surface area contributed by atoms with Crippen LogP contribution >= 0.6 is 0 Å². The van der Waals surface area contributed by atoms with Gasteiger partial charge in [-0.15, -0.1) is 0 Å². The van der Waals surface area contributed by atoms with Crippen molar-refractivity contribution in [1.82, 2.24) is 15.5 Å². The molecule has 1 fully saturated rings. The molecule has 1 aliphatic heterocycles. The lowest BCUT2D eigenvalue weighted by Gasteiger charge is -2.20. The molecule has 0 bridgehead atoms. The molecule has 0 aliphatic carbocycles. The fourth-order valence-electron chi connectivity index (χ4n) is 1.93. The summed E-state index contributed by atoms with van der Waals surface area (Å²) < 4.78 is 0. The Bertz CT molecular complexity index is 294. The monoisotopic (exact) mass is 243 g/mol. The van der Waals surface area contributed by atoms with Crippen molar-refractivity contribution >= 4 is 12.0 Å². The van der Waals surface area contributed by atoms with Gasteiger partial charge in [-0.3, -0.25) is 0 Å². The molecule has 17 heavy (non-hydrogen) atoms. The Morgan fingerprint density at radius 2 is 2.06 bits per heavy atom. The minimum Gasteiger partial charge on any atom is -0.480 e. The Morgan fingerprint density at radius 1 is 1.41 bits per heavy atom. The molecule has 2 amide bonds. The van der Waals surface area contributed by atoms with Crippen molar-refractivity contribution in [3.63, 3.8) is 0 Å². The van der Waals surface area contributed by atoms with Crippen molar-refractivity contribution in [2.24, 2.45) is 5.92 Å². The molecular formula is C11H21N3O3. The van der Waals surface area contributed by atoms with Crippen LogP contribution in [0.25, 0.3) is 0 Å². The third kappa shape index (κ3) is 4.22. The van der Waals surface area contributed by atoms with Gasteiger partial charge in [0.15, 0.2) is 0 Å². The smallest absolute Gasteiger partial charge is 0.326 e. The number of nitrogens with zero attached hydrogens (tertiary/aromatic N) is 1. The van der Waals surface area contributed by atoms with Gasteiger partial charge < -0.3 is 20.6 Å². The largest absolute Gasteiger partial charge is 0.480 e. The van der Waals surface area contributed by atoms with Gasteiger partial charge in [-0.2, -0.15) is 0 Å². The van der Waals surface area contributed by atoms with E-state index in [1.54, 1.807) is 13.8 Å². The maximum Gasteiger partial charge on any atom is 0.326 e. The number of rotatable bonds is 4. The Balaban J connectivity index is 2.40. The number of likely N-dealkylation sites (N-methyl/N-ethyl adjacent to an activating group) is 1. The van der Waals surface area contributed by atoms with Crippen molar-refractivity contribution in [2.45, 2.75) is 32.4 Å². The van der Waals surface area contributed by atoms with Crippen LogP contribution in [0.4, 0.5) is 4.79 Å². The summed E-state index contributed by atoms with van der Waals surface area (Å²) in [6.07, 6.45) is 0.906. The summed E-state index contributed by atoms with van der Waals surface area (Å²) in [5.74, 6) is -1.14. The van der Waals surface area contributed by atoms with Gasteiger partial charge >= 0.3 is 12.0 Å². The molecule has 0 aromatic rings. The summed E-state index contributed by atoms with van der Waals surface area (Å²) in [7, 11) is 1.99. The fourth-order valence-corrected chi connectivity index (χ4v) is 1.93. The average Bonchev–Trinajstić information content (AvgIpc) is 2.59. The van der Waals surface area contributed by atoms with Crippen molar-refractivity contribution in [1.29, 1.82) is 0 Å². The molecule has 1 aliphatic rings. The van der Waals surface area contributed by atoms with Gasteiger partial charge in [-0.1, -0.05) is 13.8 Å². The zero-order valence-corrected chi connectivity index (χ0v) is 10.6. The van der Waals surface area contributed by atoms with Crippen molar-refractivity contribution in [3.05, 3.63) is 0 Å². The number of carbonyl (C=O) groups is 2. The number of urea groups is 1. The van der Waals surface area contributed by atoms with Crippen LogP contribution in [0.15, 0.2) is 0 Å². The predicted octanol–water partition coefficient (Wildman–Crippen LogP) is 0.0989. The topological polar surface area (TPSA) is 81.7 Å². The number of hydrogen-bond donors (Lipinski definition) is 3. The second-order valence-corrected chi connectivity index (χ2v) is 4.93. The van der Waals surface area contributed by atoms with Crippen LogP contribution in [-0.2, 0) is 4.79 Å². The number of carboxylic acid groups (broad SMARTS) is 1. The first-order valence-corrected chi connectivity index (χ1v) is 5.88. The average molecular weight is 243 g/mol. The lowest BCUT2D eigenvalue weighted by Crippen LogP contribution is -2.51. The predicted molar refractivity (Wildman–Crippen MR) is 63.8 cm³/mol. The number of aliphatic carboxylic acids is 1. The summed E-state index contributed by atoms with van der Waals surface area (Å²) in [4.78, 5) is 24.7. The fraction of sp³-hybridized carbons (Fsp3) is 0.818. The van der Waals surface area contributed by atoms with Crippen molar-refractivity contribution in [2.75, 3.05) is 20.1 Å². The summed E-state index contributed by atoms with van der Waals surface area (Å²) >= 11 is 0. The Morgan fingerprint density at radius 3 is 2.47 bits per heavy atom. The normalized spacial score (nSPS) is 22.5. The quantitative estimate of drug-likeness (QED) is 0.654. The summed E-state index contributed by atoms with van der Waals surface area (Å²) in [6, 6.07) is -1.12. The molecule has 1 rings (SSSR count). The second-order valence-electron chi connectivity index (χ2n) is 4.93. The zero-order chi connectivity index (χ0) is 13.0. The van der Waals surface area contributed by atoms with Crippen LogP contribution in [0, 0.1) is 5.92 Å². The van der Waals surface area contributed by atoms with Gasteiger partial charge in [0.05, 0.1) is 0 Å². The van der Waals surface area contributed by atoms with E-state index in [0.717, 1.165) is 19.5 Å². The highest BCUT2D eigenvalue weighted by atomic mass is 16.4. The molecule has 1 unspecified atom stereocenters. The molecule has 0 aromatic carbocycles. The van der Waals surface area contributed by atoms with E-state index in [1.807, 2.05) is 7.05 Å². The number of likely N-dealkylation sites (tertiary alicyclic amines) is 1. The van der Waals surface area contributed by atoms with Gasteiger partial charge in [0.1, 0.15) is 6.04 Å².